The van der Waals surface area contributed by atoms with Crippen LogP contribution in [0.1, 0.15) is 32.3 Å². The van der Waals surface area contributed by atoms with Gasteiger partial charge in [-0.25, -0.2) is 0 Å². The first-order valence-corrected chi connectivity index (χ1v) is 8.08. The Morgan fingerprint density at radius 3 is 2.43 bits per heavy atom. The van der Waals surface area contributed by atoms with Crippen molar-refractivity contribution in [1.82, 2.24) is 14.8 Å². The minimum Gasteiger partial charge on any atom is -0.329 e. The molecule has 1 aromatic rings. The first kappa shape index (κ1) is 16.4. The van der Waals surface area contributed by atoms with Crippen molar-refractivity contribution in [1.29, 1.82) is 0 Å². The van der Waals surface area contributed by atoms with Gasteiger partial charge in [0.25, 0.3) is 0 Å². The maximum atomic E-state index is 6.17. The maximum Gasteiger partial charge on any atom is 0.0356 e. The molecule has 1 fully saturated rings. The number of likely N-dealkylation sites (tertiary alicyclic amines) is 1. The Morgan fingerprint density at radius 1 is 1.29 bits per heavy atom. The van der Waals surface area contributed by atoms with Crippen LogP contribution in [-0.2, 0) is 6.54 Å². The highest BCUT2D eigenvalue weighted by molar-refractivity contribution is 5.10. The average Bonchev–Trinajstić information content (AvgIpc) is 2.48. The molecule has 0 amide bonds. The second-order valence-electron chi connectivity index (χ2n) is 6.83. The summed E-state index contributed by atoms with van der Waals surface area (Å²) in [4.78, 5) is 9.13. The van der Waals surface area contributed by atoms with Crippen LogP contribution < -0.4 is 5.73 Å². The van der Waals surface area contributed by atoms with E-state index < -0.39 is 0 Å². The summed E-state index contributed by atoms with van der Waals surface area (Å²) in [6.45, 7) is 9.80. The molecule has 4 heteroatoms. The summed E-state index contributed by atoms with van der Waals surface area (Å²) in [6, 6.07) is 4.18. The van der Waals surface area contributed by atoms with Crippen molar-refractivity contribution in [2.75, 3.05) is 33.2 Å². The Bertz CT molecular complexity index is 410. The summed E-state index contributed by atoms with van der Waals surface area (Å²) in [7, 11) is 2.21. The van der Waals surface area contributed by atoms with Crippen LogP contribution in [-0.4, -0.2) is 53.5 Å². The van der Waals surface area contributed by atoms with Gasteiger partial charge in [-0.05, 0) is 56.6 Å². The fourth-order valence-corrected chi connectivity index (χ4v) is 3.34. The van der Waals surface area contributed by atoms with Crippen LogP contribution in [0.4, 0.5) is 0 Å². The molecule has 0 radical (unpaired) electrons. The molecule has 2 N–H and O–H groups in total. The van der Waals surface area contributed by atoms with E-state index in [4.69, 9.17) is 5.73 Å². The molecule has 2 heterocycles. The number of nitrogens with two attached hydrogens (primary N) is 1. The van der Waals surface area contributed by atoms with Crippen LogP contribution in [0.2, 0.25) is 0 Å². The molecule has 1 aromatic heterocycles. The lowest BCUT2D eigenvalue weighted by molar-refractivity contribution is 0.0364. The molecule has 0 spiro atoms. The highest BCUT2D eigenvalue weighted by Gasteiger charge is 2.36. The molecule has 2 rings (SSSR count). The van der Waals surface area contributed by atoms with E-state index in [9.17, 15) is 0 Å². The smallest absolute Gasteiger partial charge is 0.0356 e. The predicted molar refractivity (Wildman–Crippen MR) is 88.0 cm³/mol. The summed E-state index contributed by atoms with van der Waals surface area (Å²) < 4.78 is 0. The fraction of sp³-hybridized carbons (Fsp3) is 0.706. The standard InChI is InChI=1S/C17H30N4/c1-15(2)12-21-10-6-17(14-18,7-11-21)20(3)13-16-4-8-19-9-5-16/h4-5,8-9,15H,6-7,10-14,18H2,1-3H3. The molecule has 1 saturated heterocycles. The Kier molecular flexibility index (Phi) is 5.73. The number of piperidine rings is 1. The molecule has 0 aliphatic carbocycles. The Balaban J connectivity index is 1.96. The van der Waals surface area contributed by atoms with Gasteiger partial charge in [0.15, 0.2) is 0 Å². The zero-order valence-electron chi connectivity index (χ0n) is 13.8. The Hall–Kier alpha value is -0.970. The molecule has 21 heavy (non-hydrogen) atoms. The van der Waals surface area contributed by atoms with Gasteiger partial charge in [-0.3, -0.25) is 9.88 Å². The molecule has 0 atom stereocenters. The zero-order chi connectivity index (χ0) is 15.3. The number of nitrogens with zero attached hydrogens (tertiary/aromatic N) is 3. The topological polar surface area (TPSA) is 45.4 Å². The largest absolute Gasteiger partial charge is 0.329 e. The second-order valence-corrected chi connectivity index (χ2v) is 6.83. The monoisotopic (exact) mass is 290 g/mol. The highest BCUT2D eigenvalue weighted by atomic mass is 15.2. The molecule has 0 aromatic carbocycles. The van der Waals surface area contributed by atoms with Gasteiger partial charge < -0.3 is 10.6 Å². The first-order chi connectivity index (χ1) is 10.1. The van der Waals surface area contributed by atoms with Gasteiger partial charge >= 0.3 is 0 Å². The van der Waals surface area contributed by atoms with Gasteiger partial charge in [-0.2, -0.15) is 0 Å². The third-order valence-corrected chi connectivity index (χ3v) is 4.77. The third-order valence-electron chi connectivity index (χ3n) is 4.77. The Labute approximate surface area is 129 Å². The SMILES string of the molecule is CC(C)CN1CCC(CN)(N(C)Cc2ccncc2)CC1. The number of hydrogen-bond donors (Lipinski definition) is 1. The lowest BCUT2D eigenvalue weighted by atomic mass is 9.85. The predicted octanol–water partition coefficient (Wildman–Crippen LogP) is 1.96. The van der Waals surface area contributed by atoms with Gasteiger partial charge in [0.2, 0.25) is 0 Å². The summed E-state index contributed by atoms with van der Waals surface area (Å²) in [5.74, 6) is 0.741. The van der Waals surface area contributed by atoms with Crippen LogP contribution in [0.15, 0.2) is 24.5 Å². The lowest BCUT2D eigenvalue weighted by Gasteiger charge is -2.47. The van der Waals surface area contributed by atoms with Crippen LogP contribution in [0.3, 0.4) is 0 Å². The quantitative estimate of drug-likeness (QED) is 0.870. The highest BCUT2D eigenvalue weighted by Crippen LogP contribution is 2.28. The van der Waals surface area contributed by atoms with Crippen molar-refractivity contribution >= 4 is 0 Å². The van der Waals surface area contributed by atoms with Crippen molar-refractivity contribution in [3.8, 4) is 0 Å². The second kappa shape index (κ2) is 7.34. The van der Waals surface area contributed by atoms with Gasteiger partial charge in [-0.15, -0.1) is 0 Å². The third kappa shape index (κ3) is 4.25. The Morgan fingerprint density at radius 2 is 1.90 bits per heavy atom. The molecule has 0 saturated carbocycles. The minimum atomic E-state index is 0.150. The van der Waals surface area contributed by atoms with Gasteiger partial charge in [0.05, 0.1) is 0 Å². The average molecular weight is 290 g/mol. The molecule has 1 aliphatic heterocycles. The number of likely N-dealkylation sites (N-methyl/N-ethyl adjacent to an activating group) is 1. The first-order valence-electron chi connectivity index (χ1n) is 8.08. The summed E-state index contributed by atoms with van der Waals surface area (Å²) in [5, 5.41) is 0. The summed E-state index contributed by atoms with van der Waals surface area (Å²) in [6.07, 6.45) is 6.06. The van der Waals surface area contributed by atoms with Crippen molar-refractivity contribution in [3.05, 3.63) is 30.1 Å². The van der Waals surface area contributed by atoms with E-state index in [0.29, 0.717) is 0 Å². The number of rotatable bonds is 6. The fourth-order valence-electron chi connectivity index (χ4n) is 3.34. The number of pyridine rings is 1. The van der Waals surface area contributed by atoms with Crippen molar-refractivity contribution in [2.24, 2.45) is 11.7 Å². The van der Waals surface area contributed by atoms with E-state index in [0.717, 1.165) is 44.9 Å². The summed E-state index contributed by atoms with van der Waals surface area (Å²) in [5.41, 5.74) is 7.63. The van der Waals surface area contributed by atoms with Crippen molar-refractivity contribution in [2.45, 2.75) is 38.8 Å². The molecule has 118 valence electrons. The van der Waals surface area contributed by atoms with Crippen LogP contribution in [0.5, 0.6) is 0 Å². The van der Waals surface area contributed by atoms with E-state index in [-0.39, 0.29) is 5.54 Å². The van der Waals surface area contributed by atoms with E-state index in [1.54, 1.807) is 0 Å². The molecule has 0 unspecified atom stereocenters. The van der Waals surface area contributed by atoms with Crippen LogP contribution in [0.25, 0.3) is 0 Å². The van der Waals surface area contributed by atoms with E-state index >= 15 is 0 Å². The van der Waals surface area contributed by atoms with Crippen molar-refractivity contribution in [3.63, 3.8) is 0 Å². The van der Waals surface area contributed by atoms with E-state index in [1.165, 1.54) is 12.1 Å². The molecule has 0 bridgehead atoms. The van der Waals surface area contributed by atoms with Gasteiger partial charge in [-0.1, -0.05) is 13.8 Å². The molecule has 1 aliphatic rings. The van der Waals surface area contributed by atoms with E-state index in [2.05, 4.69) is 47.8 Å². The normalized spacial score (nSPS) is 19.3. The minimum absolute atomic E-state index is 0.150. The molecule has 4 nitrogen and oxygen atoms in total. The van der Waals surface area contributed by atoms with Crippen LogP contribution >= 0.6 is 0 Å². The van der Waals surface area contributed by atoms with E-state index in [1.807, 2.05) is 12.4 Å². The van der Waals surface area contributed by atoms with Crippen LogP contribution in [0, 0.1) is 5.92 Å². The van der Waals surface area contributed by atoms with Gasteiger partial charge in [0.1, 0.15) is 0 Å². The van der Waals surface area contributed by atoms with Gasteiger partial charge in [0, 0.05) is 37.6 Å². The number of hydrogen-bond acceptors (Lipinski definition) is 4. The molecular weight excluding hydrogens is 260 g/mol. The zero-order valence-corrected chi connectivity index (χ0v) is 13.8. The number of aromatic nitrogens is 1. The molecular formula is C17H30N4. The maximum absolute atomic E-state index is 6.17. The lowest BCUT2D eigenvalue weighted by Crippen LogP contribution is -2.58. The summed E-state index contributed by atoms with van der Waals surface area (Å²) >= 11 is 0. The van der Waals surface area contributed by atoms with Crippen molar-refractivity contribution < 1.29 is 0 Å².